The van der Waals surface area contributed by atoms with Gasteiger partial charge in [-0.15, -0.1) is 0 Å². The number of carbonyl (C=O) groups is 1. The fourth-order valence-electron chi connectivity index (χ4n) is 3.65. The summed E-state index contributed by atoms with van der Waals surface area (Å²) in [6.07, 6.45) is 6.93. The lowest BCUT2D eigenvalue weighted by Gasteiger charge is -2.28. The first-order valence-electron chi connectivity index (χ1n) is 7.44. The Bertz CT molecular complexity index is 302. The minimum absolute atomic E-state index is 0.316. The zero-order chi connectivity index (χ0) is 12.4. The fraction of sp³-hybridized carbons (Fsp3) is 0.929. The number of ether oxygens (including phenoxy) is 1. The molecule has 2 bridgehead atoms. The van der Waals surface area contributed by atoms with Gasteiger partial charge in [0.15, 0.2) is 0 Å². The molecule has 1 aliphatic carbocycles. The number of nitrogens with zero attached hydrogens (tertiary/aromatic N) is 1. The van der Waals surface area contributed by atoms with Crippen LogP contribution in [0.25, 0.3) is 0 Å². The van der Waals surface area contributed by atoms with Crippen molar-refractivity contribution in [3.05, 3.63) is 0 Å². The highest BCUT2D eigenvalue weighted by molar-refractivity contribution is 5.77. The van der Waals surface area contributed by atoms with Gasteiger partial charge in [-0.1, -0.05) is 0 Å². The summed E-state index contributed by atoms with van der Waals surface area (Å²) in [5.74, 6) is 1.11. The van der Waals surface area contributed by atoms with E-state index in [4.69, 9.17) is 4.74 Å². The molecule has 0 aromatic heterocycles. The standard InChI is InChI=1S/C14H24N2O2/c17-14(16-10-11-1-2-12(16)9-11)5-8-18-13-3-6-15-7-4-13/h11-13,15H,1-10H2. The molecule has 2 aliphatic heterocycles. The van der Waals surface area contributed by atoms with Crippen molar-refractivity contribution in [1.29, 1.82) is 0 Å². The summed E-state index contributed by atoms with van der Waals surface area (Å²) in [7, 11) is 0. The van der Waals surface area contributed by atoms with Gasteiger partial charge in [0.05, 0.1) is 19.1 Å². The van der Waals surface area contributed by atoms with Crippen molar-refractivity contribution in [2.24, 2.45) is 5.92 Å². The first kappa shape index (κ1) is 12.4. The van der Waals surface area contributed by atoms with Crippen LogP contribution in [0.15, 0.2) is 0 Å². The lowest BCUT2D eigenvalue weighted by molar-refractivity contribution is -0.134. The molecule has 3 aliphatic rings. The lowest BCUT2D eigenvalue weighted by atomic mass is 10.1. The number of carbonyl (C=O) groups excluding carboxylic acids is 1. The van der Waals surface area contributed by atoms with Crippen LogP contribution in [0.1, 0.15) is 38.5 Å². The van der Waals surface area contributed by atoms with Gasteiger partial charge >= 0.3 is 0 Å². The third-order valence-corrected chi connectivity index (χ3v) is 4.69. The number of amides is 1. The monoisotopic (exact) mass is 252 g/mol. The van der Waals surface area contributed by atoms with Crippen LogP contribution in [0.3, 0.4) is 0 Å². The highest BCUT2D eigenvalue weighted by atomic mass is 16.5. The van der Waals surface area contributed by atoms with E-state index in [1.807, 2.05) is 0 Å². The number of nitrogens with one attached hydrogen (secondary N) is 1. The maximum Gasteiger partial charge on any atom is 0.225 e. The third kappa shape index (κ3) is 2.69. The molecule has 1 N–H and O–H groups in total. The van der Waals surface area contributed by atoms with E-state index in [0.717, 1.165) is 38.4 Å². The maximum atomic E-state index is 12.1. The molecule has 3 fully saturated rings. The first-order chi connectivity index (χ1) is 8.83. The Hall–Kier alpha value is -0.610. The Morgan fingerprint density at radius 1 is 1.22 bits per heavy atom. The molecule has 2 unspecified atom stereocenters. The molecule has 1 amide bonds. The second-order valence-corrected chi connectivity index (χ2v) is 5.95. The van der Waals surface area contributed by atoms with Crippen LogP contribution in [-0.4, -0.2) is 49.2 Å². The van der Waals surface area contributed by atoms with Crippen molar-refractivity contribution in [2.75, 3.05) is 26.2 Å². The topological polar surface area (TPSA) is 41.6 Å². The van der Waals surface area contributed by atoms with Crippen molar-refractivity contribution in [3.63, 3.8) is 0 Å². The van der Waals surface area contributed by atoms with Crippen LogP contribution < -0.4 is 5.32 Å². The first-order valence-corrected chi connectivity index (χ1v) is 7.44. The quantitative estimate of drug-likeness (QED) is 0.816. The molecular formula is C14H24N2O2. The molecule has 4 heteroatoms. The molecule has 0 spiro atoms. The van der Waals surface area contributed by atoms with Gasteiger partial charge in [-0.05, 0) is 51.1 Å². The smallest absolute Gasteiger partial charge is 0.225 e. The number of piperidine rings is 2. The summed E-state index contributed by atoms with van der Waals surface area (Å²) in [6.45, 7) is 3.72. The number of rotatable bonds is 4. The maximum absolute atomic E-state index is 12.1. The highest BCUT2D eigenvalue weighted by Gasteiger charge is 2.39. The molecule has 18 heavy (non-hydrogen) atoms. The van der Waals surface area contributed by atoms with Gasteiger partial charge in [-0.2, -0.15) is 0 Å². The van der Waals surface area contributed by atoms with Gasteiger partial charge < -0.3 is 15.0 Å². The molecular weight excluding hydrogens is 228 g/mol. The SMILES string of the molecule is O=C(CCOC1CCNCC1)N1CC2CCC1C2. The summed E-state index contributed by atoms with van der Waals surface area (Å²) in [5.41, 5.74) is 0. The average molecular weight is 252 g/mol. The van der Waals surface area contributed by atoms with Crippen LogP contribution in [0.5, 0.6) is 0 Å². The minimum Gasteiger partial charge on any atom is -0.378 e. The van der Waals surface area contributed by atoms with E-state index in [1.54, 1.807) is 0 Å². The van der Waals surface area contributed by atoms with Crippen LogP contribution in [0.2, 0.25) is 0 Å². The number of hydrogen-bond donors (Lipinski definition) is 1. The van der Waals surface area contributed by atoms with Crippen molar-refractivity contribution in [2.45, 2.75) is 50.7 Å². The minimum atomic E-state index is 0.316. The summed E-state index contributed by atoms with van der Waals surface area (Å²) in [4.78, 5) is 14.2. The molecule has 4 nitrogen and oxygen atoms in total. The summed E-state index contributed by atoms with van der Waals surface area (Å²) in [5, 5.41) is 3.32. The Morgan fingerprint density at radius 3 is 2.72 bits per heavy atom. The molecule has 2 heterocycles. The van der Waals surface area contributed by atoms with E-state index in [-0.39, 0.29) is 0 Å². The van der Waals surface area contributed by atoms with Crippen LogP contribution in [0.4, 0.5) is 0 Å². The summed E-state index contributed by atoms with van der Waals surface area (Å²) < 4.78 is 5.81. The molecule has 0 aromatic carbocycles. The van der Waals surface area contributed by atoms with Gasteiger partial charge in [0.1, 0.15) is 0 Å². The van der Waals surface area contributed by atoms with Crippen LogP contribution in [-0.2, 0) is 9.53 Å². The zero-order valence-electron chi connectivity index (χ0n) is 11.1. The third-order valence-electron chi connectivity index (χ3n) is 4.69. The average Bonchev–Trinajstić information content (AvgIpc) is 3.02. The Balaban J connectivity index is 1.36. The molecule has 0 aromatic rings. The van der Waals surface area contributed by atoms with E-state index >= 15 is 0 Å². The van der Waals surface area contributed by atoms with Gasteiger partial charge in [-0.25, -0.2) is 0 Å². The van der Waals surface area contributed by atoms with E-state index < -0.39 is 0 Å². The van der Waals surface area contributed by atoms with Gasteiger partial charge in [0.2, 0.25) is 5.91 Å². The van der Waals surface area contributed by atoms with Crippen molar-refractivity contribution in [3.8, 4) is 0 Å². The van der Waals surface area contributed by atoms with Crippen LogP contribution in [0, 0.1) is 5.92 Å². The molecule has 2 saturated heterocycles. The predicted octanol–water partition coefficient (Wildman–Crippen LogP) is 1.16. The second-order valence-electron chi connectivity index (χ2n) is 5.95. The Kier molecular flexibility index (Phi) is 3.85. The lowest BCUT2D eigenvalue weighted by Crippen LogP contribution is -2.38. The van der Waals surface area contributed by atoms with Crippen LogP contribution >= 0.6 is 0 Å². The van der Waals surface area contributed by atoms with E-state index in [9.17, 15) is 4.79 Å². The number of likely N-dealkylation sites (tertiary alicyclic amines) is 1. The van der Waals surface area contributed by atoms with Crippen molar-refractivity contribution < 1.29 is 9.53 Å². The largest absolute Gasteiger partial charge is 0.378 e. The molecule has 102 valence electrons. The molecule has 1 saturated carbocycles. The zero-order valence-corrected chi connectivity index (χ0v) is 11.1. The highest BCUT2D eigenvalue weighted by Crippen LogP contribution is 2.37. The normalized spacial score (nSPS) is 32.1. The number of hydrogen-bond acceptors (Lipinski definition) is 3. The van der Waals surface area contributed by atoms with Gasteiger partial charge in [-0.3, -0.25) is 4.79 Å². The Morgan fingerprint density at radius 2 is 2.06 bits per heavy atom. The number of fused-ring (bicyclic) bond motifs is 2. The van der Waals surface area contributed by atoms with Gasteiger partial charge in [0.25, 0.3) is 0 Å². The van der Waals surface area contributed by atoms with Crippen molar-refractivity contribution >= 4 is 5.91 Å². The predicted molar refractivity (Wildman–Crippen MR) is 69.3 cm³/mol. The second kappa shape index (κ2) is 5.57. The van der Waals surface area contributed by atoms with E-state index in [1.165, 1.54) is 19.3 Å². The molecule has 2 atom stereocenters. The molecule has 0 radical (unpaired) electrons. The fourth-order valence-corrected chi connectivity index (χ4v) is 3.65. The Labute approximate surface area is 109 Å². The van der Waals surface area contributed by atoms with E-state index in [2.05, 4.69) is 10.2 Å². The van der Waals surface area contributed by atoms with Gasteiger partial charge in [0, 0.05) is 12.6 Å². The molecule has 3 rings (SSSR count). The summed E-state index contributed by atoms with van der Waals surface area (Å²) in [6, 6.07) is 0.557. The van der Waals surface area contributed by atoms with Crippen molar-refractivity contribution in [1.82, 2.24) is 10.2 Å². The van der Waals surface area contributed by atoms with E-state index in [0.29, 0.717) is 31.1 Å². The summed E-state index contributed by atoms with van der Waals surface area (Å²) >= 11 is 0.